The largest absolute Gasteiger partial charge is 0.381 e. The molecule has 2 aromatic rings. The Kier molecular flexibility index (Phi) is 2.44. The molecule has 2 aromatic heterocycles. The van der Waals surface area contributed by atoms with Crippen molar-refractivity contribution in [3.05, 3.63) is 21.8 Å². The van der Waals surface area contributed by atoms with Gasteiger partial charge >= 0.3 is 0 Å². The van der Waals surface area contributed by atoms with Gasteiger partial charge in [0.05, 0.1) is 9.90 Å². The Hall–Kier alpha value is -1.07. The lowest BCUT2D eigenvalue weighted by atomic mass is 10.3. The van der Waals surface area contributed by atoms with E-state index in [0.717, 1.165) is 5.56 Å². The molecule has 0 aliphatic carbocycles. The van der Waals surface area contributed by atoms with E-state index in [9.17, 15) is 4.39 Å². The van der Waals surface area contributed by atoms with Crippen LogP contribution in [0, 0.1) is 12.7 Å². The van der Waals surface area contributed by atoms with Crippen molar-refractivity contribution in [2.75, 3.05) is 5.73 Å². The van der Waals surface area contributed by atoms with Crippen LogP contribution >= 0.6 is 22.9 Å². The first kappa shape index (κ1) is 10.4. The summed E-state index contributed by atoms with van der Waals surface area (Å²) in [5.41, 5.74) is 6.62. The first-order valence-electron chi connectivity index (χ1n) is 4.24. The molecule has 3 nitrogen and oxygen atoms in total. The van der Waals surface area contributed by atoms with Crippen LogP contribution < -0.4 is 5.73 Å². The lowest BCUT2D eigenvalue weighted by molar-refractivity contribution is 0.634. The molecule has 0 saturated carbocycles. The number of rotatable bonds is 1. The minimum Gasteiger partial charge on any atom is -0.381 e. The number of nitrogen functional groups attached to an aromatic ring is 1. The van der Waals surface area contributed by atoms with Gasteiger partial charge in [-0.15, -0.1) is 11.3 Å². The zero-order valence-electron chi connectivity index (χ0n) is 8.21. The third-order valence-corrected chi connectivity index (χ3v) is 3.85. The normalized spacial score (nSPS) is 10.9. The summed E-state index contributed by atoms with van der Waals surface area (Å²) >= 11 is 7.39. The molecule has 0 spiro atoms. The van der Waals surface area contributed by atoms with Crippen LogP contribution in [0.25, 0.3) is 10.6 Å². The van der Waals surface area contributed by atoms with E-state index in [-0.39, 0.29) is 11.5 Å². The van der Waals surface area contributed by atoms with E-state index in [2.05, 4.69) is 5.10 Å². The highest BCUT2D eigenvalue weighted by Crippen LogP contribution is 2.37. The van der Waals surface area contributed by atoms with Gasteiger partial charge in [-0.3, -0.25) is 0 Å². The second-order valence-corrected chi connectivity index (χ2v) is 4.49. The van der Waals surface area contributed by atoms with Gasteiger partial charge in [-0.2, -0.15) is 5.10 Å². The summed E-state index contributed by atoms with van der Waals surface area (Å²) in [4.78, 5) is 0.624. The van der Waals surface area contributed by atoms with Crippen molar-refractivity contribution in [1.29, 1.82) is 0 Å². The molecule has 0 bridgehead atoms. The highest BCUT2D eigenvalue weighted by atomic mass is 35.5. The molecular formula is C9H9ClFN3S. The van der Waals surface area contributed by atoms with Crippen molar-refractivity contribution in [2.45, 2.75) is 6.92 Å². The number of hydrogen-bond acceptors (Lipinski definition) is 3. The molecule has 0 radical (unpaired) electrons. The van der Waals surface area contributed by atoms with E-state index in [0.29, 0.717) is 9.90 Å². The van der Waals surface area contributed by atoms with Crippen LogP contribution in [0.4, 0.5) is 10.2 Å². The average Bonchev–Trinajstić information content (AvgIpc) is 2.64. The van der Waals surface area contributed by atoms with Gasteiger partial charge in [0.1, 0.15) is 5.69 Å². The van der Waals surface area contributed by atoms with Crippen LogP contribution in [0.15, 0.2) is 5.38 Å². The third-order valence-electron chi connectivity index (χ3n) is 2.15. The Bertz CT molecular complexity index is 518. The number of thiophene rings is 1. The fraction of sp³-hybridized carbons (Fsp3) is 0.222. The fourth-order valence-corrected chi connectivity index (χ4v) is 2.51. The summed E-state index contributed by atoms with van der Waals surface area (Å²) in [7, 11) is 1.59. The smallest absolute Gasteiger partial charge is 0.193 e. The van der Waals surface area contributed by atoms with E-state index < -0.39 is 5.82 Å². The lowest BCUT2D eigenvalue weighted by Crippen LogP contribution is -1.97. The van der Waals surface area contributed by atoms with Crippen LogP contribution in [0.1, 0.15) is 5.56 Å². The summed E-state index contributed by atoms with van der Waals surface area (Å²) in [6.07, 6.45) is 0. The summed E-state index contributed by atoms with van der Waals surface area (Å²) in [6.45, 7) is 1.87. The second kappa shape index (κ2) is 3.50. The fourth-order valence-electron chi connectivity index (χ4n) is 1.25. The summed E-state index contributed by atoms with van der Waals surface area (Å²) < 4.78 is 14.9. The van der Waals surface area contributed by atoms with Crippen molar-refractivity contribution in [3.63, 3.8) is 0 Å². The maximum absolute atomic E-state index is 13.6. The zero-order valence-corrected chi connectivity index (χ0v) is 9.79. The number of halogens is 2. The van der Waals surface area contributed by atoms with E-state index in [4.69, 9.17) is 17.3 Å². The van der Waals surface area contributed by atoms with Crippen molar-refractivity contribution in [1.82, 2.24) is 9.78 Å². The SMILES string of the molecule is Cc1csc(-c2nn(C)c(N)c2F)c1Cl. The number of aromatic nitrogens is 2. The van der Waals surface area contributed by atoms with Crippen LogP contribution in [0.5, 0.6) is 0 Å². The summed E-state index contributed by atoms with van der Waals surface area (Å²) in [5, 5.41) is 6.40. The maximum Gasteiger partial charge on any atom is 0.193 e. The maximum atomic E-state index is 13.6. The van der Waals surface area contributed by atoms with Crippen molar-refractivity contribution in [2.24, 2.45) is 7.05 Å². The quantitative estimate of drug-likeness (QED) is 0.840. The predicted molar refractivity (Wildman–Crippen MR) is 60.6 cm³/mol. The van der Waals surface area contributed by atoms with E-state index in [1.165, 1.54) is 16.0 Å². The van der Waals surface area contributed by atoms with Gasteiger partial charge < -0.3 is 5.73 Å². The van der Waals surface area contributed by atoms with Crippen LogP contribution in [-0.4, -0.2) is 9.78 Å². The third kappa shape index (κ3) is 1.52. The van der Waals surface area contributed by atoms with Crippen LogP contribution in [-0.2, 0) is 7.05 Å². The Labute approximate surface area is 95.3 Å². The highest BCUT2D eigenvalue weighted by molar-refractivity contribution is 7.14. The van der Waals surface area contributed by atoms with Gasteiger partial charge in [-0.05, 0) is 17.9 Å². The number of hydrogen-bond donors (Lipinski definition) is 1. The topological polar surface area (TPSA) is 43.8 Å². The van der Waals surface area contributed by atoms with Crippen LogP contribution in [0.2, 0.25) is 5.02 Å². The molecule has 80 valence electrons. The number of nitrogens with two attached hydrogens (primary N) is 1. The molecule has 2 N–H and O–H groups in total. The van der Waals surface area contributed by atoms with Gasteiger partial charge in [0.25, 0.3) is 0 Å². The first-order valence-corrected chi connectivity index (χ1v) is 5.50. The van der Waals surface area contributed by atoms with Crippen LogP contribution in [0.3, 0.4) is 0 Å². The van der Waals surface area contributed by atoms with E-state index in [1.807, 2.05) is 12.3 Å². The molecule has 2 rings (SSSR count). The molecule has 0 amide bonds. The molecule has 0 unspecified atom stereocenters. The molecule has 15 heavy (non-hydrogen) atoms. The molecule has 0 saturated heterocycles. The summed E-state index contributed by atoms with van der Waals surface area (Å²) in [5.74, 6) is -0.492. The second-order valence-electron chi connectivity index (χ2n) is 3.23. The van der Waals surface area contributed by atoms with Gasteiger partial charge in [0, 0.05) is 7.05 Å². The van der Waals surface area contributed by atoms with E-state index >= 15 is 0 Å². The molecule has 0 aromatic carbocycles. The van der Waals surface area contributed by atoms with E-state index in [1.54, 1.807) is 7.05 Å². The lowest BCUT2D eigenvalue weighted by Gasteiger charge is -1.93. The Morgan fingerprint density at radius 1 is 1.60 bits per heavy atom. The van der Waals surface area contributed by atoms with Gasteiger partial charge in [-0.1, -0.05) is 11.6 Å². The molecule has 0 atom stereocenters. The first-order chi connectivity index (χ1) is 7.02. The van der Waals surface area contributed by atoms with Crippen molar-refractivity contribution >= 4 is 28.8 Å². The average molecular weight is 246 g/mol. The Morgan fingerprint density at radius 2 is 2.27 bits per heavy atom. The highest BCUT2D eigenvalue weighted by Gasteiger charge is 2.19. The predicted octanol–water partition coefficient (Wildman–Crippen LogP) is 2.83. The van der Waals surface area contributed by atoms with Crippen molar-refractivity contribution < 1.29 is 4.39 Å². The Morgan fingerprint density at radius 3 is 2.67 bits per heavy atom. The number of nitrogens with zero attached hydrogens (tertiary/aromatic N) is 2. The molecule has 0 fully saturated rings. The van der Waals surface area contributed by atoms with Gasteiger partial charge in [0.15, 0.2) is 11.6 Å². The molecular weight excluding hydrogens is 237 g/mol. The molecule has 2 heterocycles. The zero-order chi connectivity index (χ0) is 11.2. The van der Waals surface area contributed by atoms with Gasteiger partial charge in [0.2, 0.25) is 0 Å². The molecule has 0 aliphatic rings. The van der Waals surface area contributed by atoms with Crippen molar-refractivity contribution in [3.8, 4) is 10.6 Å². The molecule has 6 heteroatoms. The number of aryl methyl sites for hydroxylation is 2. The minimum absolute atomic E-state index is 0.0205. The summed E-state index contributed by atoms with van der Waals surface area (Å²) in [6, 6.07) is 0. The Balaban J connectivity index is 2.64. The minimum atomic E-state index is -0.513. The molecule has 0 aliphatic heterocycles. The standard InChI is InChI=1S/C9H9ClFN3S/c1-4-3-15-8(5(4)10)7-6(11)9(12)14(2)13-7/h3H,12H2,1-2H3. The van der Waals surface area contributed by atoms with Gasteiger partial charge in [-0.25, -0.2) is 9.07 Å². The monoisotopic (exact) mass is 245 g/mol. The number of anilines is 1.